The Bertz CT molecular complexity index is 715. The van der Waals surface area contributed by atoms with Gasteiger partial charge < -0.3 is 10.0 Å². The van der Waals surface area contributed by atoms with Gasteiger partial charge in [-0.15, -0.1) is 11.3 Å². The number of carboxylic acids is 1. The predicted molar refractivity (Wildman–Crippen MR) is 95.4 cm³/mol. The molecule has 0 saturated heterocycles. The van der Waals surface area contributed by atoms with Crippen molar-refractivity contribution >= 4 is 34.8 Å². The molecule has 0 bridgehead atoms. The Balaban J connectivity index is 2.11. The Morgan fingerprint density at radius 2 is 2.00 bits per heavy atom. The number of nitrogens with zero attached hydrogens (tertiary/aromatic N) is 2. The number of thiazole rings is 1. The van der Waals surface area contributed by atoms with E-state index in [-0.39, 0.29) is 24.9 Å². The van der Waals surface area contributed by atoms with Gasteiger partial charge in [0.15, 0.2) is 0 Å². The van der Waals surface area contributed by atoms with Crippen molar-refractivity contribution in [1.82, 2.24) is 9.88 Å². The fourth-order valence-corrected chi connectivity index (χ4v) is 3.18. The molecule has 0 aliphatic heterocycles. The number of carbonyl (C=O) groups is 2. The second-order valence-electron chi connectivity index (χ2n) is 5.50. The molecule has 1 amide bonds. The van der Waals surface area contributed by atoms with Crippen LogP contribution >= 0.6 is 22.9 Å². The SMILES string of the molecule is CCC(C)N(CC(=O)O)C(=O)Cc1csc(-c2ccc(Cl)cc2)n1. The first-order valence-electron chi connectivity index (χ1n) is 7.62. The largest absolute Gasteiger partial charge is 0.480 e. The summed E-state index contributed by atoms with van der Waals surface area (Å²) >= 11 is 7.33. The van der Waals surface area contributed by atoms with Crippen LogP contribution in [0.5, 0.6) is 0 Å². The standard InChI is InChI=1S/C17H19ClN2O3S/c1-3-11(2)20(9-16(22)23)15(21)8-14-10-24-17(19-14)12-4-6-13(18)7-5-12/h4-7,10-11H,3,8-9H2,1-2H3,(H,22,23). The molecule has 1 aromatic heterocycles. The van der Waals surface area contributed by atoms with E-state index in [1.54, 1.807) is 12.1 Å². The number of carboxylic acid groups (broad SMARTS) is 1. The van der Waals surface area contributed by atoms with Gasteiger partial charge in [0, 0.05) is 22.0 Å². The first-order valence-corrected chi connectivity index (χ1v) is 8.88. The Morgan fingerprint density at radius 1 is 1.33 bits per heavy atom. The third-order valence-electron chi connectivity index (χ3n) is 3.72. The van der Waals surface area contributed by atoms with Crippen LogP contribution in [-0.4, -0.2) is 39.5 Å². The summed E-state index contributed by atoms with van der Waals surface area (Å²) in [5.41, 5.74) is 1.58. The first-order chi connectivity index (χ1) is 11.4. The molecule has 0 aliphatic rings. The summed E-state index contributed by atoms with van der Waals surface area (Å²) in [5.74, 6) is -1.23. The number of aliphatic carboxylic acids is 1. The van der Waals surface area contributed by atoms with E-state index in [4.69, 9.17) is 16.7 Å². The summed E-state index contributed by atoms with van der Waals surface area (Å²) in [6, 6.07) is 7.22. The van der Waals surface area contributed by atoms with Crippen LogP contribution in [-0.2, 0) is 16.0 Å². The van der Waals surface area contributed by atoms with Gasteiger partial charge in [-0.05, 0) is 25.5 Å². The molecule has 0 fully saturated rings. The van der Waals surface area contributed by atoms with Crippen molar-refractivity contribution in [3.63, 3.8) is 0 Å². The maximum Gasteiger partial charge on any atom is 0.323 e. The number of aromatic nitrogens is 1. The number of hydrogen-bond acceptors (Lipinski definition) is 4. The zero-order chi connectivity index (χ0) is 17.7. The van der Waals surface area contributed by atoms with Crippen molar-refractivity contribution in [2.24, 2.45) is 0 Å². The van der Waals surface area contributed by atoms with Crippen molar-refractivity contribution in [2.45, 2.75) is 32.7 Å². The molecule has 24 heavy (non-hydrogen) atoms. The molecule has 1 atom stereocenters. The first kappa shape index (κ1) is 18.4. The number of carbonyl (C=O) groups excluding carboxylic acids is 1. The van der Waals surface area contributed by atoms with Crippen molar-refractivity contribution in [3.05, 3.63) is 40.4 Å². The molecular formula is C17H19ClN2O3S. The molecule has 0 spiro atoms. The monoisotopic (exact) mass is 366 g/mol. The van der Waals surface area contributed by atoms with Gasteiger partial charge in [0.05, 0.1) is 12.1 Å². The second kappa shape index (κ2) is 8.26. The summed E-state index contributed by atoms with van der Waals surface area (Å²) in [6.45, 7) is 3.48. The lowest BCUT2D eigenvalue weighted by Crippen LogP contribution is -2.42. The Kier molecular flexibility index (Phi) is 6.34. The van der Waals surface area contributed by atoms with E-state index in [9.17, 15) is 9.59 Å². The molecule has 2 aromatic rings. The maximum absolute atomic E-state index is 12.4. The molecular weight excluding hydrogens is 348 g/mol. The summed E-state index contributed by atoms with van der Waals surface area (Å²) < 4.78 is 0. The van der Waals surface area contributed by atoms with Gasteiger partial charge in [-0.3, -0.25) is 9.59 Å². The summed E-state index contributed by atoms with van der Waals surface area (Å²) in [6.07, 6.45) is 0.799. The maximum atomic E-state index is 12.4. The molecule has 1 aromatic carbocycles. The van der Waals surface area contributed by atoms with Crippen LogP contribution in [0.2, 0.25) is 5.02 Å². The minimum atomic E-state index is -1.01. The van der Waals surface area contributed by atoms with Gasteiger partial charge in [-0.25, -0.2) is 4.98 Å². The van der Waals surface area contributed by atoms with Gasteiger partial charge in [0.2, 0.25) is 5.91 Å². The number of amides is 1. The van der Waals surface area contributed by atoms with E-state index in [1.165, 1.54) is 16.2 Å². The number of benzene rings is 1. The van der Waals surface area contributed by atoms with Crippen LogP contribution in [0.3, 0.4) is 0 Å². The fourth-order valence-electron chi connectivity index (χ4n) is 2.23. The van der Waals surface area contributed by atoms with E-state index < -0.39 is 5.97 Å². The van der Waals surface area contributed by atoms with Crippen LogP contribution in [0.15, 0.2) is 29.6 Å². The molecule has 1 unspecified atom stereocenters. The third-order valence-corrected chi connectivity index (χ3v) is 4.92. The molecule has 128 valence electrons. The summed E-state index contributed by atoms with van der Waals surface area (Å²) in [7, 11) is 0. The number of rotatable bonds is 7. The zero-order valence-electron chi connectivity index (χ0n) is 13.5. The normalized spacial score (nSPS) is 12.0. The Labute approximate surface area is 149 Å². The average molecular weight is 367 g/mol. The lowest BCUT2D eigenvalue weighted by Gasteiger charge is -2.26. The molecule has 7 heteroatoms. The highest BCUT2D eigenvalue weighted by atomic mass is 35.5. The molecule has 1 N–H and O–H groups in total. The van der Waals surface area contributed by atoms with Gasteiger partial charge in [0.1, 0.15) is 11.6 Å². The Hall–Kier alpha value is -1.92. The molecule has 0 saturated carbocycles. The Morgan fingerprint density at radius 3 is 2.58 bits per heavy atom. The molecule has 2 rings (SSSR count). The minimum absolute atomic E-state index is 0.0989. The van der Waals surface area contributed by atoms with Gasteiger partial charge in [0.25, 0.3) is 0 Å². The summed E-state index contributed by atoms with van der Waals surface area (Å²) in [4.78, 5) is 29.3. The molecule has 0 aliphatic carbocycles. The predicted octanol–water partition coefficient (Wildman–Crippen LogP) is 3.72. The van der Waals surface area contributed by atoms with Crippen LogP contribution in [0.25, 0.3) is 10.6 Å². The minimum Gasteiger partial charge on any atom is -0.480 e. The lowest BCUT2D eigenvalue weighted by atomic mass is 10.2. The van der Waals surface area contributed by atoms with E-state index in [0.717, 1.165) is 10.6 Å². The average Bonchev–Trinajstić information content (AvgIpc) is 3.00. The topological polar surface area (TPSA) is 70.5 Å². The van der Waals surface area contributed by atoms with Crippen molar-refractivity contribution in [2.75, 3.05) is 6.54 Å². The van der Waals surface area contributed by atoms with Crippen molar-refractivity contribution < 1.29 is 14.7 Å². The second-order valence-corrected chi connectivity index (χ2v) is 6.79. The van der Waals surface area contributed by atoms with E-state index in [0.29, 0.717) is 17.1 Å². The molecule has 0 radical (unpaired) electrons. The van der Waals surface area contributed by atoms with Crippen LogP contribution in [0.1, 0.15) is 26.0 Å². The highest BCUT2D eigenvalue weighted by Crippen LogP contribution is 2.25. The smallest absolute Gasteiger partial charge is 0.323 e. The van der Waals surface area contributed by atoms with Crippen LogP contribution in [0.4, 0.5) is 0 Å². The quantitative estimate of drug-likeness (QED) is 0.810. The summed E-state index contributed by atoms with van der Waals surface area (Å²) in [5, 5.41) is 12.3. The van der Waals surface area contributed by atoms with E-state index in [1.807, 2.05) is 31.4 Å². The van der Waals surface area contributed by atoms with Gasteiger partial charge in [-0.2, -0.15) is 0 Å². The number of hydrogen-bond donors (Lipinski definition) is 1. The van der Waals surface area contributed by atoms with Crippen molar-refractivity contribution in [3.8, 4) is 10.6 Å². The zero-order valence-corrected chi connectivity index (χ0v) is 15.1. The molecule has 5 nitrogen and oxygen atoms in total. The molecule has 1 heterocycles. The van der Waals surface area contributed by atoms with Crippen LogP contribution in [0, 0.1) is 0 Å². The van der Waals surface area contributed by atoms with Crippen molar-refractivity contribution in [1.29, 1.82) is 0 Å². The van der Waals surface area contributed by atoms with Gasteiger partial charge >= 0.3 is 5.97 Å². The van der Waals surface area contributed by atoms with Crippen LogP contribution < -0.4 is 0 Å². The van der Waals surface area contributed by atoms with Gasteiger partial charge in [-0.1, -0.05) is 30.7 Å². The van der Waals surface area contributed by atoms with E-state index in [2.05, 4.69) is 4.98 Å². The third kappa shape index (κ3) is 4.79. The van der Waals surface area contributed by atoms with E-state index >= 15 is 0 Å². The lowest BCUT2D eigenvalue weighted by molar-refractivity contribution is -0.145. The highest BCUT2D eigenvalue weighted by Gasteiger charge is 2.22. The highest BCUT2D eigenvalue weighted by molar-refractivity contribution is 7.13. The fraction of sp³-hybridized carbons (Fsp3) is 0.353. The number of halogens is 1.